The van der Waals surface area contributed by atoms with Gasteiger partial charge in [-0.15, -0.1) is 0 Å². The van der Waals surface area contributed by atoms with E-state index in [1.54, 1.807) is 12.4 Å². The van der Waals surface area contributed by atoms with Crippen LogP contribution in [0, 0.1) is 6.92 Å². The highest BCUT2D eigenvalue weighted by atomic mass is 16.1. The number of pyridine rings is 1. The molecule has 0 aliphatic carbocycles. The Morgan fingerprint density at radius 2 is 2.06 bits per heavy atom. The predicted molar refractivity (Wildman–Crippen MR) is 62.4 cm³/mol. The molecule has 4 nitrogen and oxygen atoms in total. The molecule has 0 aliphatic heterocycles. The number of nitrogens with one attached hydrogen (secondary N) is 1. The first kappa shape index (κ1) is 9.03. The fourth-order valence-electron chi connectivity index (χ4n) is 1.93. The van der Waals surface area contributed by atoms with Crippen molar-refractivity contribution in [2.45, 2.75) is 6.92 Å². The lowest BCUT2D eigenvalue weighted by Crippen LogP contribution is -2.11. The molecule has 0 unspecified atom stereocenters. The normalized spacial score (nSPS) is 11.1. The van der Waals surface area contributed by atoms with E-state index in [1.165, 1.54) is 0 Å². The van der Waals surface area contributed by atoms with Crippen LogP contribution >= 0.6 is 0 Å². The lowest BCUT2D eigenvalue weighted by molar-refractivity contribution is 1.07. The lowest BCUT2D eigenvalue weighted by atomic mass is 10.1. The molecule has 78 valence electrons. The number of aryl methyl sites for hydroxylation is 1. The molecule has 2 heterocycles. The second kappa shape index (κ2) is 3.13. The van der Waals surface area contributed by atoms with Crippen molar-refractivity contribution >= 4 is 21.7 Å². The van der Waals surface area contributed by atoms with Crippen LogP contribution in [0.4, 0.5) is 0 Å². The minimum absolute atomic E-state index is 0.311. The Bertz CT molecular complexity index is 746. The molecule has 1 aromatic carbocycles. The van der Waals surface area contributed by atoms with E-state index in [4.69, 9.17) is 0 Å². The molecule has 0 saturated carbocycles. The van der Waals surface area contributed by atoms with Crippen molar-refractivity contribution in [3.63, 3.8) is 0 Å². The van der Waals surface area contributed by atoms with E-state index in [0.717, 1.165) is 27.4 Å². The van der Waals surface area contributed by atoms with Crippen LogP contribution in [0.15, 0.2) is 35.4 Å². The smallest absolute Gasteiger partial charge is 0.309 e. The van der Waals surface area contributed by atoms with E-state index in [2.05, 4.69) is 15.0 Å². The second-order valence-corrected chi connectivity index (χ2v) is 3.73. The number of aromatic nitrogens is 3. The minimum atomic E-state index is -0.311. The summed E-state index contributed by atoms with van der Waals surface area (Å²) in [5.74, 6) is 0. The third-order valence-electron chi connectivity index (χ3n) is 2.70. The van der Waals surface area contributed by atoms with Crippen molar-refractivity contribution in [3.8, 4) is 0 Å². The van der Waals surface area contributed by atoms with Crippen LogP contribution in [0.3, 0.4) is 0 Å². The molecule has 0 saturated heterocycles. The summed E-state index contributed by atoms with van der Waals surface area (Å²) >= 11 is 0. The van der Waals surface area contributed by atoms with Gasteiger partial charge in [0.15, 0.2) is 0 Å². The number of rotatable bonds is 0. The molecular formula is C12H9N3O. The standard InChI is InChI=1S/C12H9N3O/c1-7-9-3-2-8-6-13-5-4-10(8)11(9)15-12(16)14-7/h2-6H,1H3,(H,14,15,16). The van der Waals surface area contributed by atoms with Gasteiger partial charge in [-0.05, 0) is 13.0 Å². The molecule has 0 radical (unpaired) electrons. The van der Waals surface area contributed by atoms with Crippen LogP contribution in [-0.2, 0) is 0 Å². The summed E-state index contributed by atoms with van der Waals surface area (Å²) in [5.41, 5.74) is 1.27. The Labute approximate surface area is 91.0 Å². The van der Waals surface area contributed by atoms with E-state index in [1.807, 2.05) is 25.1 Å². The minimum Gasteiger partial charge on any atom is -0.309 e. The summed E-state index contributed by atoms with van der Waals surface area (Å²) in [6, 6.07) is 5.82. The van der Waals surface area contributed by atoms with Gasteiger partial charge in [-0.3, -0.25) is 4.98 Å². The number of hydrogen-bond acceptors (Lipinski definition) is 3. The average molecular weight is 211 g/mol. The van der Waals surface area contributed by atoms with Gasteiger partial charge < -0.3 is 4.98 Å². The van der Waals surface area contributed by atoms with Gasteiger partial charge in [0, 0.05) is 34.2 Å². The number of hydrogen-bond donors (Lipinski definition) is 1. The second-order valence-electron chi connectivity index (χ2n) is 3.73. The van der Waals surface area contributed by atoms with E-state index in [-0.39, 0.29) is 5.69 Å². The van der Waals surface area contributed by atoms with Gasteiger partial charge >= 0.3 is 5.69 Å². The quantitative estimate of drug-likeness (QED) is 0.576. The molecule has 3 rings (SSSR count). The van der Waals surface area contributed by atoms with Crippen molar-refractivity contribution in [1.82, 2.24) is 15.0 Å². The van der Waals surface area contributed by atoms with E-state index in [0.29, 0.717) is 0 Å². The van der Waals surface area contributed by atoms with Crippen LogP contribution in [-0.4, -0.2) is 15.0 Å². The van der Waals surface area contributed by atoms with Gasteiger partial charge in [0.25, 0.3) is 0 Å². The maximum absolute atomic E-state index is 11.4. The SMILES string of the molecule is Cc1[nH]c(=O)nc2c1ccc1cnccc12. The zero-order valence-electron chi connectivity index (χ0n) is 8.69. The zero-order valence-corrected chi connectivity index (χ0v) is 8.69. The van der Waals surface area contributed by atoms with Gasteiger partial charge in [0.1, 0.15) is 0 Å². The molecule has 0 fully saturated rings. The third-order valence-corrected chi connectivity index (χ3v) is 2.70. The highest BCUT2D eigenvalue weighted by Gasteiger charge is 2.04. The van der Waals surface area contributed by atoms with Gasteiger partial charge in [-0.25, -0.2) is 4.79 Å². The first-order valence-corrected chi connectivity index (χ1v) is 4.99. The first-order valence-electron chi connectivity index (χ1n) is 4.99. The topological polar surface area (TPSA) is 58.6 Å². The highest BCUT2D eigenvalue weighted by molar-refractivity contribution is 6.05. The molecule has 0 bridgehead atoms. The fourth-order valence-corrected chi connectivity index (χ4v) is 1.93. The van der Waals surface area contributed by atoms with Crippen molar-refractivity contribution in [2.24, 2.45) is 0 Å². The Morgan fingerprint density at radius 3 is 2.94 bits per heavy atom. The summed E-state index contributed by atoms with van der Waals surface area (Å²) in [6.45, 7) is 1.87. The summed E-state index contributed by atoms with van der Waals surface area (Å²) < 4.78 is 0. The highest BCUT2D eigenvalue weighted by Crippen LogP contribution is 2.22. The number of H-pyrrole nitrogens is 1. The summed E-state index contributed by atoms with van der Waals surface area (Å²) in [7, 11) is 0. The van der Waals surface area contributed by atoms with E-state index in [9.17, 15) is 4.79 Å². The van der Waals surface area contributed by atoms with Gasteiger partial charge in [-0.1, -0.05) is 12.1 Å². The average Bonchev–Trinajstić information content (AvgIpc) is 2.28. The largest absolute Gasteiger partial charge is 0.345 e. The summed E-state index contributed by atoms with van der Waals surface area (Å²) in [6.07, 6.45) is 3.48. The van der Waals surface area contributed by atoms with Crippen LogP contribution < -0.4 is 5.69 Å². The van der Waals surface area contributed by atoms with Crippen LogP contribution in [0.25, 0.3) is 21.7 Å². The van der Waals surface area contributed by atoms with Crippen molar-refractivity contribution in [3.05, 3.63) is 46.8 Å². The molecular weight excluding hydrogens is 202 g/mol. The summed E-state index contributed by atoms with van der Waals surface area (Å²) in [4.78, 5) is 22.1. The number of fused-ring (bicyclic) bond motifs is 3. The maximum Gasteiger partial charge on any atom is 0.345 e. The Kier molecular flexibility index (Phi) is 1.77. The van der Waals surface area contributed by atoms with Gasteiger partial charge in [0.2, 0.25) is 0 Å². The Morgan fingerprint density at radius 1 is 1.19 bits per heavy atom. The zero-order chi connectivity index (χ0) is 11.1. The molecule has 2 aromatic heterocycles. The Hall–Kier alpha value is -2.23. The van der Waals surface area contributed by atoms with Crippen LogP contribution in [0.2, 0.25) is 0 Å². The molecule has 0 amide bonds. The molecule has 0 spiro atoms. The maximum atomic E-state index is 11.4. The van der Waals surface area contributed by atoms with Gasteiger partial charge in [-0.2, -0.15) is 4.98 Å². The predicted octanol–water partition coefficient (Wildman–Crippen LogP) is 1.78. The van der Waals surface area contributed by atoms with Crippen LogP contribution in [0.5, 0.6) is 0 Å². The number of aromatic amines is 1. The molecule has 16 heavy (non-hydrogen) atoms. The first-order chi connectivity index (χ1) is 7.75. The van der Waals surface area contributed by atoms with E-state index < -0.39 is 0 Å². The van der Waals surface area contributed by atoms with E-state index >= 15 is 0 Å². The van der Waals surface area contributed by atoms with Crippen molar-refractivity contribution in [2.75, 3.05) is 0 Å². The molecule has 0 aliphatic rings. The molecule has 3 aromatic rings. The van der Waals surface area contributed by atoms with Crippen molar-refractivity contribution in [1.29, 1.82) is 0 Å². The van der Waals surface area contributed by atoms with Crippen LogP contribution in [0.1, 0.15) is 5.69 Å². The Balaban J connectivity index is 2.65. The monoisotopic (exact) mass is 211 g/mol. The lowest BCUT2D eigenvalue weighted by Gasteiger charge is -2.03. The van der Waals surface area contributed by atoms with Gasteiger partial charge in [0.05, 0.1) is 5.52 Å². The fraction of sp³-hybridized carbons (Fsp3) is 0.0833. The molecule has 0 atom stereocenters. The summed E-state index contributed by atoms with van der Waals surface area (Å²) in [5, 5.41) is 2.92. The molecule has 1 N–H and O–H groups in total. The number of benzene rings is 1. The molecule has 4 heteroatoms. The van der Waals surface area contributed by atoms with Crippen molar-refractivity contribution < 1.29 is 0 Å². The third kappa shape index (κ3) is 1.20. The number of nitrogens with zero attached hydrogens (tertiary/aromatic N) is 2.